The van der Waals surface area contributed by atoms with Crippen LogP contribution in [0.5, 0.6) is 0 Å². The van der Waals surface area contributed by atoms with E-state index in [1.165, 1.54) is 17.2 Å². The predicted molar refractivity (Wildman–Crippen MR) is 80.7 cm³/mol. The van der Waals surface area contributed by atoms with Gasteiger partial charge in [0, 0.05) is 31.9 Å². The summed E-state index contributed by atoms with van der Waals surface area (Å²) in [5, 5.41) is 3.44. The SMILES string of the molecule is CN(C)c1ccc2c(c1)C(c1ccccc1F)NCC2. The number of halogens is 1. The molecule has 1 unspecified atom stereocenters. The average Bonchev–Trinajstić information content (AvgIpc) is 2.46. The van der Waals surface area contributed by atoms with Crippen molar-refractivity contribution in [3.05, 3.63) is 65.0 Å². The summed E-state index contributed by atoms with van der Waals surface area (Å²) in [4.78, 5) is 2.08. The van der Waals surface area contributed by atoms with Crippen LogP contribution >= 0.6 is 0 Å². The largest absolute Gasteiger partial charge is 0.378 e. The van der Waals surface area contributed by atoms with Gasteiger partial charge in [-0.25, -0.2) is 4.39 Å². The Morgan fingerprint density at radius 1 is 1.10 bits per heavy atom. The Balaban J connectivity index is 2.09. The Morgan fingerprint density at radius 3 is 2.65 bits per heavy atom. The van der Waals surface area contributed by atoms with E-state index in [0.717, 1.165) is 24.2 Å². The minimum absolute atomic E-state index is 0.0557. The second-order valence-electron chi connectivity index (χ2n) is 5.44. The van der Waals surface area contributed by atoms with Crippen LogP contribution in [0.2, 0.25) is 0 Å². The van der Waals surface area contributed by atoms with Gasteiger partial charge in [0.05, 0.1) is 6.04 Å². The van der Waals surface area contributed by atoms with E-state index in [1.807, 2.05) is 26.2 Å². The summed E-state index contributed by atoms with van der Waals surface area (Å²) >= 11 is 0. The summed E-state index contributed by atoms with van der Waals surface area (Å²) < 4.78 is 14.1. The molecule has 2 aromatic carbocycles. The standard InChI is InChI=1S/C17H19FN2/c1-20(2)13-8-7-12-9-10-19-17(15(12)11-13)14-5-3-4-6-16(14)18/h3-8,11,17,19H,9-10H2,1-2H3. The maximum absolute atomic E-state index is 14.1. The van der Waals surface area contributed by atoms with Gasteiger partial charge in [0.15, 0.2) is 0 Å². The lowest BCUT2D eigenvalue weighted by molar-refractivity contribution is 0.528. The van der Waals surface area contributed by atoms with Crippen molar-refractivity contribution in [3.63, 3.8) is 0 Å². The fourth-order valence-electron chi connectivity index (χ4n) is 2.80. The third-order valence-electron chi connectivity index (χ3n) is 3.92. The lowest BCUT2D eigenvalue weighted by Crippen LogP contribution is -2.31. The summed E-state index contributed by atoms with van der Waals surface area (Å²) in [6.07, 6.45) is 0.994. The monoisotopic (exact) mass is 270 g/mol. The normalized spacial score (nSPS) is 17.6. The summed E-state index contributed by atoms with van der Waals surface area (Å²) in [5.74, 6) is -0.145. The summed E-state index contributed by atoms with van der Waals surface area (Å²) in [6.45, 7) is 0.882. The number of hydrogen-bond acceptors (Lipinski definition) is 2. The van der Waals surface area contributed by atoms with Crippen LogP contribution in [0.4, 0.5) is 10.1 Å². The van der Waals surface area contributed by atoms with Crippen molar-refractivity contribution in [2.45, 2.75) is 12.5 Å². The van der Waals surface area contributed by atoms with Crippen molar-refractivity contribution in [2.24, 2.45) is 0 Å². The van der Waals surface area contributed by atoms with E-state index >= 15 is 0 Å². The number of nitrogens with zero attached hydrogens (tertiary/aromatic N) is 1. The lowest BCUT2D eigenvalue weighted by atomic mass is 9.89. The molecule has 3 rings (SSSR count). The predicted octanol–water partition coefficient (Wildman–Crippen LogP) is 3.13. The van der Waals surface area contributed by atoms with E-state index in [4.69, 9.17) is 0 Å². The molecule has 0 saturated carbocycles. The molecule has 20 heavy (non-hydrogen) atoms. The third kappa shape index (κ3) is 2.29. The summed E-state index contributed by atoms with van der Waals surface area (Å²) in [7, 11) is 4.05. The van der Waals surface area contributed by atoms with Crippen LogP contribution in [-0.4, -0.2) is 20.6 Å². The Hall–Kier alpha value is -1.87. The third-order valence-corrected chi connectivity index (χ3v) is 3.92. The van der Waals surface area contributed by atoms with Crippen molar-refractivity contribution >= 4 is 5.69 Å². The highest BCUT2D eigenvalue weighted by Crippen LogP contribution is 2.32. The zero-order chi connectivity index (χ0) is 14.1. The van der Waals surface area contributed by atoms with Crippen molar-refractivity contribution in [2.75, 3.05) is 25.5 Å². The molecule has 0 aliphatic carbocycles. The Kier molecular flexibility index (Phi) is 3.45. The highest BCUT2D eigenvalue weighted by atomic mass is 19.1. The first kappa shape index (κ1) is 13.1. The van der Waals surface area contributed by atoms with Gasteiger partial charge >= 0.3 is 0 Å². The fourth-order valence-corrected chi connectivity index (χ4v) is 2.80. The zero-order valence-corrected chi connectivity index (χ0v) is 11.9. The van der Waals surface area contributed by atoms with Crippen LogP contribution in [0.25, 0.3) is 0 Å². The van der Waals surface area contributed by atoms with E-state index in [-0.39, 0.29) is 11.9 Å². The van der Waals surface area contributed by atoms with Crippen LogP contribution in [0.3, 0.4) is 0 Å². The van der Waals surface area contributed by atoms with Gasteiger partial charge < -0.3 is 10.2 Å². The molecule has 1 heterocycles. The number of benzene rings is 2. The first-order chi connectivity index (χ1) is 9.66. The van der Waals surface area contributed by atoms with Crippen molar-refractivity contribution in [3.8, 4) is 0 Å². The molecule has 104 valence electrons. The van der Waals surface area contributed by atoms with E-state index in [2.05, 4.69) is 28.4 Å². The van der Waals surface area contributed by atoms with Gasteiger partial charge in [-0.1, -0.05) is 24.3 Å². The second kappa shape index (κ2) is 5.25. The molecule has 1 atom stereocenters. The highest BCUT2D eigenvalue weighted by Gasteiger charge is 2.23. The van der Waals surface area contributed by atoms with Crippen LogP contribution < -0.4 is 10.2 Å². The maximum atomic E-state index is 14.1. The molecule has 0 fully saturated rings. The van der Waals surface area contributed by atoms with Gasteiger partial charge in [0.2, 0.25) is 0 Å². The molecule has 0 spiro atoms. The topological polar surface area (TPSA) is 15.3 Å². The maximum Gasteiger partial charge on any atom is 0.128 e. The number of anilines is 1. The molecule has 0 radical (unpaired) electrons. The molecule has 1 N–H and O–H groups in total. The van der Waals surface area contributed by atoms with Crippen LogP contribution in [0.15, 0.2) is 42.5 Å². The fraction of sp³-hybridized carbons (Fsp3) is 0.294. The van der Waals surface area contributed by atoms with Crippen molar-refractivity contribution in [1.29, 1.82) is 0 Å². The summed E-state index contributed by atoms with van der Waals surface area (Å²) in [5.41, 5.74) is 4.37. The molecule has 1 aliphatic heterocycles. The van der Waals surface area contributed by atoms with Gasteiger partial charge in [-0.3, -0.25) is 0 Å². The number of rotatable bonds is 2. The molecule has 2 nitrogen and oxygen atoms in total. The molecular weight excluding hydrogens is 251 g/mol. The summed E-state index contributed by atoms with van der Waals surface area (Å²) in [6, 6.07) is 13.4. The molecule has 2 aromatic rings. The Bertz CT molecular complexity index is 622. The number of hydrogen-bond donors (Lipinski definition) is 1. The van der Waals surface area contributed by atoms with E-state index in [1.54, 1.807) is 6.07 Å². The number of fused-ring (bicyclic) bond motifs is 1. The lowest BCUT2D eigenvalue weighted by Gasteiger charge is -2.29. The molecule has 0 amide bonds. The molecule has 3 heteroatoms. The quantitative estimate of drug-likeness (QED) is 0.902. The van der Waals surface area contributed by atoms with Gasteiger partial charge in [-0.15, -0.1) is 0 Å². The smallest absolute Gasteiger partial charge is 0.128 e. The van der Waals surface area contributed by atoms with Crippen LogP contribution in [0.1, 0.15) is 22.7 Å². The Labute approximate surface area is 119 Å². The van der Waals surface area contributed by atoms with Crippen LogP contribution in [-0.2, 0) is 6.42 Å². The van der Waals surface area contributed by atoms with E-state index in [0.29, 0.717) is 0 Å². The highest BCUT2D eigenvalue weighted by molar-refractivity contribution is 5.53. The number of nitrogens with one attached hydrogen (secondary N) is 1. The van der Waals surface area contributed by atoms with Gasteiger partial charge in [0.25, 0.3) is 0 Å². The molecular formula is C17H19FN2. The first-order valence-corrected chi connectivity index (χ1v) is 6.95. The minimum atomic E-state index is -0.145. The molecule has 0 aromatic heterocycles. The second-order valence-corrected chi connectivity index (χ2v) is 5.44. The molecule has 0 saturated heterocycles. The average molecular weight is 270 g/mol. The molecule has 0 bridgehead atoms. The van der Waals surface area contributed by atoms with E-state index in [9.17, 15) is 4.39 Å². The molecule has 1 aliphatic rings. The zero-order valence-electron chi connectivity index (χ0n) is 11.9. The minimum Gasteiger partial charge on any atom is -0.378 e. The van der Waals surface area contributed by atoms with Gasteiger partial charge in [-0.2, -0.15) is 0 Å². The van der Waals surface area contributed by atoms with Crippen molar-refractivity contribution < 1.29 is 4.39 Å². The first-order valence-electron chi connectivity index (χ1n) is 6.95. The van der Waals surface area contributed by atoms with E-state index < -0.39 is 0 Å². The Morgan fingerprint density at radius 2 is 1.90 bits per heavy atom. The van der Waals surface area contributed by atoms with Crippen molar-refractivity contribution in [1.82, 2.24) is 5.32 Å². The van der Waals surface area contributed by atoms with Crippen LogP contribution in [0, 0.1) is 5.82 Å². The van der Waals surface area contributed by atoms with Gasteiger partial charge in [0.1, 0.15) is 5.82 Å². The van der Waals surface area contributed by atoms with Gasteiger partial charge in [-0.05, 0) is 35.7 Å².